The maximum atomic E-state index is 11.3. The summed E-state index contributed by atoms with van der Waals surface area (Å²) in [5.74, 6) is 0.0554. The lowest BCUT2D eigenvalue weighted by Gasteiger charge is -2.20. The number of hydrogen-bond acceptors (Lipinski definition) is 4. The zero-order valence-corrected chi connectivity index (χ0v) is 14.5. The molecule has 0 aliphatic rings. The average Bonchev–Trinajstić information content (AvgIpc) is 2.49. The first-order valence-electron chi connectivity index (χ1n) is 6.98. The molecule has 2 N–H and O–H groups in total. The maximum Gasteiger partial charge on any atom is 0.221 e. The SMILES string of the molecule is CNC(=O)CCN(C)c1ccc(CNCCOC)c(Br)c1. The number of carbonyl (C=O) groups is 1. The summed E-state index contributed by atoms with van der Waals surface area (Å²) in [5, 5.41) is 5.95. The number of hydrogen-bond donors (Lipinski definition) is 2. The maximum absolute atomic E-state index is 11.3. The highest BCUT2D eigenvalue weighted by Crippen LogP contribution is 2.23. The number of methoxy groups -OCH3 is 1. The lowest BCUT2D eigenvalue weighted by molar-refractivity contribution is -0.120. The second kappa shape index (κ2) is 9.76. The van der Waals surface area contributed by atoms with E-state index in [-0.39, 0.29) is 5.91 Å². The Labute approximate surface area is 135 Å². The molecule has 6 heteroatoms. The van der Waals surface area contributed by atoms with Crippen molar-refractivity contribution in [2.45, 2.75) is 13.0 Å². The first-order valence-corrected chi connectivity index (χ1v) is 7.77. The Morgan fingerprint density at radius 1 is 1.43 bits per heavy atom. The Morgan fingerprint density at radius 3 is 2.81 bits per heavy atom. The summed E-state index contributed by atoms with van der Waals surface area (Å²) in [5.41, 5.74) is 2.29. The molecule has 118 valence electrons. The number of nitrogens with zero attached hydrogens (tertiary/aromatic N) is 1. The fourth-order valence-corrected chi connectivity index (χ4v) is 2.34. The highest BCUT2D eigenvalue weighted by molar-refractivity contribution is 9.10. The van der Waals surface area contributed by atoms with Gasteiger partial charge >= 0.3 is 0 Å². The van der Waals surface area contributed by atoms with Crippen molar-refractivity contribution >= 4 is 27.5 Å². The Morgan fingerprint density at radius 2 is 2.19 bits per heavy atom. The van der Waals surface area contributed by atoms with Gasteiger partial charge in [-0.3, -0.25) is 4.79 Å². The third kappa shape index (κ3) is 6.46. The second-order valence-electron chi connectivity index (χ2n) is 4.79. The molecule has 1 aromatic carbocycles. The van der Waals surface area contributed by atoms with Crippen LogP contribution in [-0.4, -0.2) is 46.8 Å². The van der Waals surface area contributed by atoms with Crippen molar-refractivity contribution in [2.75, 3.05) is 45.8 Å². The van der Waals surface area contributed by atoms with Crippen LogP contribution >= 0.6 is 15.9 Å². The van der Waals surface area contributed by atoms with Crippen molar-refractivity contribution in [1.29, 1.82) is 0 Å². The third-order valence-electron chi connectivity index (χ3n) is 3.23. The van der Waals surface area contributed by atoms with Crippen molar-refractivity contribution in [1.82, 2.24) is 10.6 Å². The molecule has 0 radical (unpaired) electrons. The van der Waals surface area contributed by atoms with Gasteiger partial charge in [0.15, 0.2) is 0 Å². The predicted octanol–water partition coefficient (Wildman–Crippen LogP) is 1.76. The van der Waals surface area contributed by atoms with Gasteiger partial charge in [0.25, 0.3) is 0 Å². The molecule has 0 spiro atoms. The van der Waals surface area contributed by atoms with Gasteiger partial charge in [-0.1, -0.05) is 22.0 Å². The molecular formula is C15H24BrN3O2. The Balaban J connectivity index is 2.54. The molecule has 0 fully saturated rings. The minimum Gasteiger partial charge on any atom is -0.383 e. The van der Waals surface area contributed by atoms with Crippen molar-refractivity contribution in [3.63, 3.8) is 0 Å². The molecule has 0 aliphatic carbocycles. The smallest absolute Gasteiger partial charge is 0.221 e. The molecule has 0 saturated carbocycles. The fraction of sp³-hybridized carbons (Fsp3) is 0.533. The lowest BCUT2D eigenvalue weighted by atomic mass is 10.2. The van der Waals surface area contributed by atoms with E-state index in [1.54, 1.807) is 14.2 Å². The number of rotatable bonds is 9. The highest BCUT2D eigenvalue weighted by atomic mass is 79.9. The summed E-state index contributed by atoms with van der Waals surface area (Å²) in [6, 6.07) is 6.24. The van der Waals surface area contributed by atoms with E-state index < -0.39 is 0 Å². The van der Waals surface area contributed by atoms with Gasteiger partial charge in [-0.2, -0.15) is 0 Å². The molecule has 0 atom stereocenters. The highest BCUT2D eigenvalue weighted by Gasteiger charge is 2.07. The standard InChI is InChI=1S/C15H24BrN3O2/c1-17-15(20)6-8-19(2)13-5-4-12(14(16)10-13)11-18-7-9-21-3/h4-5,10,18H,6-9,11H2,1-3H3,(H,17,20). The van der Waals surface area contributed by atoms with Crippen LogP contribution in [-0.2, 0) is 16.1 Å². The van der Waals surface area contributed by atoms with Crippen molar-refractivity contribution < 1.29 is 9.53 Å². The van der Waals surface area contributed by atoms with Gasteiger partial charge in [-0.25, -0.2) is 0 Å². The molecule has 21 heavy (non-hydrogen) atoms. The van der Waals surface area contributed by atoms with Crippen LogP contribution in [0.4, 0.5) is 5.69 Å². The molecule has 0 aliphatic heterocycles. The van der Waals surface area contributed by atoms with Crippen molar-refractivity contribution in [3.05, 3.63) is 28.2 Å². The number of ether oxygens (including phenoxy) is 1. The summed E-state index contributed by atoms with van der Waals surface area (Å²) in [7, 11) is 5.34. The van der Waals surface area contributed by atoms with Crippen molar-refractivity contribution in [2.24, 2.45) is 0 Å². The number of benzene rings is 1. The van der Waals surface area contributed by atoms with E-state index in [1.807, 2.05) is 7.05 Å². The molecule has 0 heterocycles. The summed E-state index contributed by atoms with van der Waals surface area (Å²) >= 11 is 3.60. The lowest BCUT2D eigenvalue weighted by Crippen LogP contribution is -2.26. The molecule has 5 nitrogen and oxygen atoms in total. The number of carbonyl (C=O) groups excluding carboxylic acids is 1. The third-order valence-corrected chi connectivity index (χ3v) is 3.97. The molecule has 1 rings (SSSR count). The first kappa shape index (κ1) is 17.9. The normalized spacial score (nSPS) is 10.5. The second-order valence-corrected chi connectivity index (χ2v) is 5.64. The van der Waals surface area contributed by atoms with Gasteiger partial charge in [0.1, 0.15) is 0 Å². The van der Waals surface area contributed by atoms with Gasteiger partial charge < -0.3 is 20.3 Å². The van der Waals surface area contributed by atoms with E-state index in [4.69, 9.17) is 4.74 Å². The van der Waals surface area contributed by atoms with Gasteiger partial charge in [0.2, 0.25) is 5.91 Å². The molecular weight excluding hydrogens is 334 g/mol. The Bertz CT molecular complexity index is 455. The molecule has 0 aromatic heterocycles. The van der Waals surface area contributed by atoms with E-state index in [0.29, 0.717) is 19.6 Å². The van der Waals surface area contributed by atoms with E-state index in [2.05, 4.69) is 49.7 Å². The average molecular weight is 358 g/mol. The molecule has 0 saturated heterocycles. The Kier molecular flexibility index (Phi) is 8.34. The zero-order valence-electron chi connectivity index (χ0n) is 12.9. The molecule has 1 amide bonds. The first-order chi connectivity index (χ1) is 10.1. The van der Waals surface area contributed by atoms with E-state index in [1.165, 1.54) is 5.56 Å². The van der Waals surface area contributed by atoms with Crippen LogP contribution in [0.25, 0.3) is 0 Å². The number of halogens is 1. The number of nitrogens with one attached hydrogen (secondary N) is 2. The van der Waals surface area contributed by atoms with Crippen LogP contribution in [0.1, 0.15) is 12.0 Å². The fourth-order valence-electron chi connectivity index (χ4n) is 1.84. The topological polar surface area (TPSA) is 53.6 Å². The summed E-state index contributed by atoms with van der Waals surface area (Å²) in [6.07, 6.45) is 0.491. The van der Waals surface area contributed by atoms with Gasteiger partial charge in [-0.05, 0) is 17.7 Å². The number of amides is 1. The Hall–Kier alpha value is -1.11. The van der Waals surface area contributed by atoms with Crippen LogP contribution in [0.15, 0.2) is 22.7 Å². The van der Waals surface area contributed by atoms with Crippen LogP contribution < -0.4 is 15.5 Å². The summed E-state index contributed by atoms with van der Waals surface area (Å²) in [6.45, 7) is 3.03. The number of anilines is 1. The predicted molar refractivity (Wildman–Crippen MR) is 89.7 cm³/mol. The van der Waals surface area contributed by atoms with E-state index in [0.717, 1.165) is 23.2 Å². The van der Waals surface area contributed by atoms with Crippen LogP contribution in [0.3, 0.4) is 0 Å². The van der Waals surface area contributed by atoms with Gasteiger partial charge in [-0.15, -0.1) is 0 Å². The van der Waals surface area contributed by atoms with Crippen LogP contribution in [0.5, 0.6) is 0 Å². The summed E-state index contributed by atoms with van der Waals surface area (Å²) < 4.78 is 6.07. The monoisotopic (exact) mass is 357 g/mol. The quantitative estimate of drug-likeness (QED) is 0.661. The zero-order chi connectivity index (χ0) is 15.7. The minimum absolute atomic E-state index is 0.0554. The van der Waals surface area contributed by atoms with Gasteiger partial charge in [0, 0.05) is 57.4 Å². The van der Waals surface area contributed by atoms with Crippen LogP contribution in [0.2, 0.25) is 0 Å². The molecule has 0 bridgehead atoms. The van der Waals surface area contributed by atoms with Gasteiger partial charge in [0.05, 0.1) is 6.61 Å². The van der Waals surface area contributed by atoms with Crippen molar-refractivity contribution in [3.8, 4) is 0 Å². The van der Waals surface area contributed by atoms with E-state index >= 15 is 0 Å². The minimum atomic E-state index is 0.0554. The molecule has 0 unspecified atom stereocenters. The summed E-state index contributed by atoms with van der Waals surface area (Å²) in [4.78, 5) is 13.3. The van der Waals surface area contributed by atoms with E-state index in [9.17, 15) is 4.79 Å². The van der Waals surface area contributed by atoms with Crippen LogP contribution in [0, 0.1) is 0 Å². The largest absolute Gasteiger partial charge is 0.383 e. The molecule has 1 aromatic rings.